The molecule has 2 heterocycles. The molecule has 106 valence electrons. The van der Waals surface area contributed by atoms with Gasteiger partial charge < -0.3 is 10.6 Å². The number of para-hydroxylation sites is 1. The lowest BCUT2D eigenvalue weighted by Gasteiger charge is -2.36. The lowest BCUT2D eigenvalue weighted by molar-refractivity contribution is 0.447. The van der Waals surface area contributed by atoms with Crippen LogP contribution >= 0.6 is 0 Å². The standard InChI is InChI=1S/C17H23N3/c1-2-14-7-5-6-10-20(14)17-11-13(12-18)15-8-3-4-9-16(15)19-17/h3-4,8-9,11,14H,2,5-7,10,12,18H2,1H3. The number of benzene rings is 1. The average molecular weight is 269 g/mol. The van der Waals surface area contributed by atoms with E-state index in [1.165, 1.54) is 36.6 Å². The Hall–Kier alpha value is -1.61. The van der Waals surface area contributed by atoms with Crippen LogP contribution in [0, 0.1) is 0 Å². The Labute approximate surface area is 120 Å². The van der Waals surface area contributed by atoms with Gasteiger partial charge in [-0.15, -0.1) is 0 Å². The quantitative estimate of drug-likeness (QED) is 0.927. The molecular formula is C17H23N3. The molecule has 1 aromatic carbocycles. The summed E-state index contributed by atoms with van der Waals surface area (Å²) in [6.07, 6.45) is 5.07. The fourth-order valence-electron chi connectivity index (χ4n) is 3.27. The molecule has 0 amide bonds. The molecule has 0 aliphatic carbocycles. The number of aromatic nitrogens is 1. The Morgan fingerprint density at radius 2 is 2.15 bits per heavy atom. The van der Waals surface area contributed by atoms with Crippen LogP contribution in [0.2, 0.25) is 0 Å². The zero-order chi connectivity index (χ0) is 13.9. The van der Waals surface area contributed by atoms with E-state index in [-0.39, 0.29) is 0 Å². The topological polar surface area (TPSA) is 42.1 Å². The van der Waals surface area contributed by atoms with Crippen LogP contribution in [-0.4, -0.2) is 17.6 Å². The van der Waals surface area contributed by atoms with Crippen molar-refractivity contribution < 1.29 is 0 Å². The van der Waals surface area contributed by atoms with E-state index < -0.39 is 0 Å². The third kappa shape index (κ3) is 2.38. The van der Waals surface area contributed by atoms with Crippen molar-refractivity contribution in [2.45, 2.75) is 45.2 Å². The molecule has 3 nitrogen and oxygen atoms in total. The summed E-state index contributed by atoms with van der Waals surface area (Å²) in [6.45, 7) is 3.96. The maximum absolute atomic E-state index is 5.94. The van der Waals surface area contributed by atoms with E-state index in [1.54, 1.807) is 0 Å². The van der Waals surface area contributed by atoms with Crippen LogP contribution in [0.3, 0.4) is 0 Å². The van der Waals surface area contributed by atoms with Crippen molar-refractivity contribution in [3.05, 3.63) is 35.9 Å². The third-order valence-electron chi connectivity index (χ3n) is 4.40. The van der Waals surface area contributed by atoms with Gasteiger partial charge in [0.15, 0.2) is 0 Å². The zero-order valence-corrected chi connectivity index (χ0v) is 12.2. The molecule has 1 fully saturated rings. The first-order valence-electron chi connectivity index (χ1n) is 7.69. The Bertz CT molecular complexity index is 594. The summed E-state index contributed by atoms with van der Waals surface area (Å²) in [5.74, 6) is 1.11. The molecule has 3 rings (SSSR count). The number of nitrogens with zero attached hydrogens (tertiary/aromatic N) is 2. The SMILES string of the molecule is CCC1CCCCN1c1cc(CN)c2ccccc2n1. The van der Waals surface area contributed by atoms with Gasteiger partial charge in [0.05, 0.1) is 5.52 Å². The van der Waals surface area contributed by atoms with E-state index in [4.69, 9.17) is 10.7 Å². The van der Waals surface area contributed by atoms with Crippen LogP contribution in [0.25, 0.3) is 10.9 Å². The fraction of sp³-hybridized carbons (Fsp3) is 0.471. The predicted molar refractivity (Wildman–Crippen MR) is 84.9 cm³/mol. The largest absolute Gasteiger partial charge is 0.354 e. The highest BCUT2D eigenvalue weighted by Gasteiger charge is 2.22. The van der Waals surface area contributed by atoms with Gasteiger partial charge in [-0.05, 0) is 43.4 Å². The molecule has 1 aliphatic heterocycles. The number of piperidine rings is 1. The van der Waals surface area contributed by atoms with Gasteiger partial charge >= 0.3 is 0 Å². The summed E-state index contributed by atoms with van der Waals surface area (Å²) < 4.78 is 0. The second kappa shape index (κ2) is 5.80. The highest BCUT2D eigenvalue weighted by atomic mass is 15.2. The van der Waals surface area contributed by atoms with Crippen LogP contribution in [-0.2, 0) is 6.54 Å². The Kier molecular flexibility index (Phi) is 3.88. The first-order valence-corrected chi connectivity index (χ1v) is 7.69. The van der Waals surface area contributed by atoms with Gasteiger partial charge in [-0.2, -0.15) is 0 Å². The van der Waals surface area contributed by atoms with E-state index in [1.807, 2.05) is 6.07 Å². The minimum atomic E-state index is 0.570. The lowest BCUT2D eigenvalue weighted by Crippen LogP contribution is -2.39. The monoisotopic (exact) mass is 269 g/mol. The number of hydrogen-bond acceptors (Lipinski definition) is 3. The molecule has 0 spiro atoms. The Morgan fingerprint density at radius 3 is 2.95 bits per heavy atom. The van der Waals surface area contributed by atoms with Gasteiger partial charge in [-0.3, -0.25) is 0 Å². The van der Waals surface area contributed by atoms with E-state index in [0.29, 0.717) is 12.6 Å². The van der Waals surface area contributed by atoms with Gasteiger partial charge in [0.25, 0.3) is 0 Å². The summed E-state index contributed by atoms with van der Waals surface area (Å²) in [7, 11) is 0. The van der Waals surface area contributed by atoms with Crippen LogP contribution in [0.5, 0.6) is 0 Å². The molecule has 2 aromatic rings. The summed E-state index contributed by atoms with van der Waals surface area (Å²) in [6, 6.07) is 11.1. The van der Waals surface area contributed by atoms with E-state index >= 15 is 0 Å². The highest BCUT2D eigenvalue weighted by Crippen LogP contribution is 2.28. The maximum atomic E-state index is 5.94. The lowest BCUT2D eigenvalue weighted by atomic mass is 9.99. The predicted octanol–water partition coefficient (Wildman–Crippen LogP) is 3.46. The van der Waals surface area contributed by atoms with Gasteiger partial charge in [0.2, 0.25) is 0 Å². The number of hydrogen-bond donors (Lipinski definition) is 1. The minimum Gasteiger partial charge on any atom is -0.354 e. The van der Waals surface area contributed by atoms with Gasteiger partial charge in [0.1, 0.15) is 5.82 Å². The minimum absolute atomic E-state index is 0.570. The zero-order valence-electron chi connectivity index (χ0n) is 12.2. The first-order chi connectivity index (χ1) is 9.83. The number of nitrogens with two attached hydrogens (primary N) is 1. The number of fused-ring (bicyclic) bond motifs is 1. The molecule has 0 bridgehead atoms. The molecule has 0 radical (unpaired) electrons. The molecule has 20 heavy (non-hydrogen) atoms. The van der Waals surface area contributed by atoms with Crippen LogP contribution < -0.4 is 10.6 Å². The molecule has 1 saturated heterocycles. The van der Waals surface area contributed by atoms with Gasteiger partial charge in [-0.25, -0.2) is 4.98 Å². The van der Waals surface area contributed by atoms with Crippen molar-refractivity contribution in [1.82, 2.24) is 4.98 Å². The maximum Gasteiger partial charge on any atom is 0.129 e. The van der Waals surface area contributed by atoms with E-state index in [0.717, 1.165) is 17.9 Å². The number of rotatable bonds is 3. The van der Waals surface area contributed by atoms with Crippen molar-refractivity contribution in [3.8, 4) is 0 Å². The molecule has 1 unspecified atom stereocenters. The fourth-order valence-corrected chi connectivity index (χ4v) is 3.27. The van der Waals surface area contributed by atoms with Gasteiger partial charge in [0, 0.05) is 24.5 Å². The van der Waals surface area contributed by atoms with E-state index in [2.05, 4.69) is 36.1 Å². The highest BCUT2D eigenvalue weighted by molar-refractivity contribution is 5.84. The summed E-state index contributed by atoms with van der Waals surface area (Å²) in [4.78, 5) is 7.36. The van der Waals surface area contributed by atoms with Crippen molar-refractivity contribution in [2.24, 2.45) is 5.73 Å². The van der Waals surface area contributed by atoms with Crippen molar-refractivity contribution >= 4 is 16.7 Å². The molecule has 1 aliphatic rings. The molecular weight excluding hydrogens is 246 g/mol. The molecule has 3 heteroatoms. The van der Waals surface area contributed by atoms with Crippen molar-refractivity contribution in [2.75, 3.05) is 11.4 Å². The molecule has 2 N–H and O–H groups in total. The van der Waals surface area contributed by atoms with Crippen LogP contribution in [0.4, 0.5) is 5.82 Å². The van der Waals surface area contributed by atoms with Crippen molar-refractivity contribution in [1.29, 1.82) is 0 Å². The number of pyridine rings is 1. The smallest absolute Gasteiger partial charge is 0.129 e. The molecule has 1 atom stereocenters. The summed E-state index contributed by atoms with van der Waals surface area (Å²) in [5, 5.41) is 1.18. The molecule has 1 aromatic heterocycles. The summed E-state index contributed by atoms with van der Waals surface area (Å²) >= 11 is 0. The normalized spacial score (nSPS) is 19.5. The van der Waals surface area contributed by atoms with Crippen LogP contribution in [0.1, 0.15) is 38.2 Å². The third-order valence-corrected chi connectivity index (χ3v) is 4.40. The number of anilines is 1. The van der Waals surface area contributed by atoms with E-state index in [9.17, 15) is 0 Å². The second-order valence-corrected chi connectivity index (χ2v) is 5.61. The molecule has 0 saturated carbocycles. The van der Waals surface area contributed by atoms with Crippen LogP contribution in [0.15, 0.2) is 30.3 Å². The van der Waals surface area contributed by atoms with Crippen molar-refractivity contribution in [3.63, 3.8) is 0 Å². The Morgan fingerprint density at radius 1 is 1.30 bits per heavy atom. The second-order valence-electron chi connectivity index (χ2n) is 5.61. The first kappa shape index (κ1) is 13.4. The van der Waals surface area contributed by atoms with Gasteiger partial charge in [-0.1, -0.05) is 25.1 Å². The average Bonchev–Trinajstić information content (AvgIpc) is 2.53. The Balaban J connectivity index is 2.06. The summed E-state index contributed by atoms with van der Waals surface area (Å²) in [5.41, 5.74) is 8.20.